The molecular formula is C13H24N2O2. The molecule has 0 heterocycles. The third kappa shape index (κ3) is 2.20. The molecule has 0 aromatic rings. The van der Waals surface area contributed by atoms with Gasteiger partial charge in [-0.1, -0.05) is 6.92 Å². The maximum Gasteiger partial charge on any atom is 0.225 e. The highest BCUT2D eigenvalue weighted by molar-refractivity contribution is 5.81. The molecule has 2 fully saturated rings. The van der Waals surface area contributed by atoms with Crippen molar-refractivity contribution in [2.45, 2.75) is 51.1 Å². The van der Waals surface area contributed by atoms with Crippen molar-refractivity contribution < 1.29 is 9.90 Å². The number of carbonyl (C=O) groups excluding carboxylic acids is 1. The molecule has 0 aromatic carbocycles. The van der Waals surface area contributed by atoms with Crippen LogP contribution in [0.2, 0.25) is 0 Å². The first-order valence-electron chi connectivity index (χ1n) is 6.69. The van der Waals surface area contributed by atoms with Crippen molar-refractivity contribution in [1.82, 2.24) is 5.32 Å². The molecule has 0 radical (unpaired) electrons. The second-order valence-electron chi connectivity index (χ2n) is 6.00. The molecule has 0 aliphatic heterocycles. The van der Waals surface area contributed by atoms with Crippen molar-refractivity contribution in [2.24, 2.45) is 23.5 Å². The largest absolute Gasteiger partial charge is 0.394 e. The lowest BCUT2D eigenvalue weighted by molar-refractivity contribution is -0.129. The van der Waals surface area contributed by atoms with Gasteiger partial charge in [0.25, 0.3) is 0 Å². The Balaban J connectivity index is 2.01. The third-order valence-corrected chi connectivity index (χ3v) is 4.84. The Bertz CT molecular complexity index is 300. The molecule has 2 rings (SSSR count). The maximum atomic E-state index is 12.3. The summed E-state index contributed by atoms with van der Waals surface area (Å²) < 4.78 is 0. The van der Waals surface area contributed by atoms with Crippen LogP contribution in [-0.4, -0.2) is 29.2 Å². The lowest BCUT2D eigenvalue weighted by Gasteiger charge is -2.33. The Kier molecular flexibility index (Phi) is 3.46. The molecular weight excluding hydrogens is 216 g/mol. The summed E-state index contributed by atoms with van der Waals surface area (Å²) in [5, 5.41) is 12.3. The number of nitrogens with one attached hydrogen (secondary N) is 1. The van der Waals surface area contributed by atoms with Crippen molar-refractivity contribution in [1.29, 1.82) is 0 Å². The monoisotopic (exact) mass is 240 g/mol. The van der Waals surface area contributed by atoms with E-state index in [-0.39, 0.29) is 24.5 Å². The minimum atomic E-state index is -0.501. The van der Waals surface area contributed by atoms with Gasteiger partial charge >= 0.3 is 0 Å². The van der Waals surface area contributed by atoms with Gasteiger partial charge in [0, 0.05) is 6.04 Å². The van der Waals surface area contributed by atoms with Crippen LogP contribution in [0.1, 0.15) is 39.5 Å². The van der Waals surface area contributed by atoms with Gasteiger partial charge in [0.15, 0.2) is 0 Å². The van der Waals surface area contributed by atoms with Crippen LogP contribution in [0, 0.1) is 17.8 Å². The molecule has 0 spiro atoms. The molecule has 17 heavy (non-hydrogen) atoms. The smallest absolute Gasteiger partial charge is 0.225 e. The first-order chi connectivity index (χ1) is 8.00. The van der Waals surface area contributed by atoms with Crippen LogP contribution in [0.3, 0.4) is 0 Å². The number of amides is 1. The van der Waals surface area contributed by atoms with Crippen LogP contribution >= 0.6 is 0 Å². The molecule has 1 amide bonds. The minimum Gasteiger partial charge on any atom is -0.394 e. The Hall–Kier alpha value is -0.610. The van der Waals surface area contributed by atoms with E-state index in [1.165, 1.54) is 6.42 Å². The Morgan fingerprint density at radius 3 is 2.59 bits per heavy atom. The number of aliphatic hydroxyl groups excluding tert-OH is 1. The highest BCUT2D eigenvalue weighted by Gasteiger charge is 2.49. The SMILES string of the molecule is CCC(C)(CO)NC(=O)C1C2CCC(C2)C1N. The van der Waals surface area contributed by atoms with Crippen molar-refractivity contribution in [2.75, 3.05) is 6.61 Å². The fraction of sp³-hybridized carbons (Fsp3) is 0.923. The third-order valence-electron chi connectivity index (χ3n) is 4.84. The molecule has 98 valence electrons. The molecule has 0 aromatic heterocycles. The molecule has 2 bridgehead atoms. The summed E-state index contributed by atoms with van der Waals surface area (Å²) in [5.74, 6) is 1.02. The van der Waals surface area contributed by atoms with Gasteiger partial charge in [0.2, 0.25) is 5.91 Å². The first kappa shape index (κ1) is 12.8. The van der Waals surface area contributed by atoms with Crippen molar-refractivity contribution >= 4 is 5.91 Å². The molecule has 0 saturated heterocycles. The summed E-state index contributed by atoms with van der Waals surface area (Å²) in [6.07, 6.45) is 4.16. The Morgan fingerprint density at radius 1 is 1.47 bits per heavy atom. The molecule has 4 heteroatoms. The number of carbonyl (C=O) groups is 1. The topological polar surface area (TPSA) is 75.3 Å². The number of hydrogen-bond donors (Lipinski definition) is 3. The second kappa shape index (κ2) is 4.58. The number of aliphatic hydroxyl groups is 1. The maximum absolute atomic E-state index is 12.3. The molecule has 4 nitrogen and oxygen atoms in total. The zero-order chi connectivity index (χ0) is 12.6. The van der Waals surface area contributed by atoms with Gasteiger partial charge < -0.3 is 16.2 Å². The van der Waals surface area contributed by atoms with E-state index in [2.05, 4.69) is 5.32 Å². The van der Waals surface area contributed by atoms with Crippen molar-refractivity contribution in [3.63, 3.8) is 0 Å². The summed E-state index contributed by atoms with van der Waals surface area (Å²) in [6, 6.07) is 0.0218. The van der Waals surface area contributed by atoms with Gasteiger partial charge in [-0.3, -0.25) is 4.79 Å². The van der Waals surface area contributed by atoms with Crippen LogP contribution in [0.15, 0.2) is 0 Å². The molecule has 4 N–H and O–H groups in total. The minimum absolute atomic E-state index is 0.0218. The van der Waals surface area contributed by atoms with Crippen LogP contribution in [0.4, 0.5) is 0 Å². The summed E-state index contributed by atoms with van der Waals surface area (Å²) in [7, 11) is 0. The summed E-state index contributed by atoms with van der Waals surface area (Å²) in [4.78, 5) is 12.3. The predicted octanol–water partition coefficient (Wildman–Crippen LogP) is 0.637. The first-order valence-corrected chi connectivity index (χ1v) is 6.69. The standard InChI is InChI=1S/C13H24N2O2/c1-3-13(2,7-16)15-12(17)10-8-4-5-9(6-8)11(10)14/h8-11,16H,3-7,14H2,1-2H3,(H,15,17). The molecule has 5 atom stereocenters. The van der Waals surface area contributed by atoms with E-state index >= 15 is 0 Å². The predicted molar refractivity (Wildman–Crippen MR) is 66.2 cm³/mol. The van der Waals surface area contributed by atoms with Gasteiger partial charge in [-0.05, 0) is 44.4 Å². The van der Waals surface area contributed by atoms with Gasteiger partial charge in [0.05, 0.1) is 18.1 Å². The van der Waals surface area contributed by atoms with Crippen molar-refractivity contribution in [3.8, 4) is 0 Å². The zero-order valence-electron chi connectivity index (χ0n) is 10.8. The van der Waals surface area contributed by atoms with Crippen LogP contribution in [-0.2, 0) is 4.79 Å². The van der Waals surface area contributed by atoms with E-state index in [1.54, 1.807) is 0 Å². The van der Waals surface area contributed by atoms with Crippen LogP contribution in [0.5, 0.6) is 0 Å². The number of rotatable bonds is 4. The van der Waals surface area contributed by atoms with Crippen LogP contribution < -0.4 is 11.1 Å². The van der Waals surface area contributed by atoms with E-state index in [0.29, 0.717) is 11.8 Å². The van der Waals surface area contributed by atoms with Gasteiger partial charge in [-0.15, -0.1) is 0 Å². The van der Waals surface area contributed by atoms with Gasteiger partial charge in [-0.25, -0.2) is 0 Å². The highest BCUT2D eigenvalue weighted by atomic mass is 16.3. The summed E-state index contributed by atoms with van der Waals surface area (Å²) in [5.41, 5.74) is 5.64. The number of hydrogen-bond acceptors (Lipinski definition) is 3. The number of nitrogens with two attached hydrogens (primary N) is 1. The fourth-order valence-corrected chi connectivity index (χ4v) is 3.35. The molecule has 2 saturated carbocycles. The van der Waals surface area contributed by atoms with E-state index in [9.17, 15) is 9.90 Å². The number of fused-ring (bicyclic) bond motifs is 2. The van der Waals surface area contributed by atoms with E-state index in [1.807, 2.05) is 13.8 Å². The average Bonchev–Trinajstić information content (AvgIpc) is 2.89. The lowest BCUT2D eigenvalue weighted by atomic mass is 9.83. The highest BCUT2D eigenvalue weighted by Crippen LogP contribution is 2.47. The fourth-order valence-electron chi connectivity index (χ4n) is 3.35. The normalized spacial score (nSPS) is 39.1. The Morgan fingerprint density at radius 2 is 2.12 bits per heavy atom. The van der Waals surface area contributed by atoms with Crippen LogP contribution in [0.25, 0.3) is 0 Å². The quantitative estimate of drug-likeness (QED) is 0.675. The zero-order valence-corrected chi connectivity index (χ0v) is 10.8. The summed E-state index contributed by atoms with van der Waals surface area (Å²) in [6.45, 7) is 3.83. The van der Waals surface area contributed by atoms with Gasteiger partial charge in [0.1, 0.15) is 0 Å². The van der Waals surface area contributed by atoms with E-state index < -0.39 is 5.54 Å². The second-order valence-corrected chi connectivity index (χ2v) is 6.00. The average molecular weight is 240 g/mol. The lowest BCUT2D eigenvalue weighted by Crippen LogP contribution is -2.54. The Labute approximate surface area is 103 Å². The molecule has 5 unspecified atom stereocenters. The van der Waals surface area contributed by atoms with Crippen molar-refractivity contribution in [3.05, 3.63) is 0 Å². The van der Waals surface area contributed by atoms with E-state index in [0.717, 1.165) is 19.3 Å². The summed E-state index contributed by atoms with van der Waals surface area (Å²) >= 11 is 0. The molecule has 2 aliphatic carbocycles. The molecule has 2 aliphatic rings. The van der Waals surface area contributed by atoms with Gasteiger partial charge in [-0.2, -0.15) is 0 Å². The van der Waals surface area contributed by atoms with E-state index in [4.69, 9.17) is 5.73 Å².